The molecular weight excluding hydrogens is 250 g/mol. The average Bonchev–Trinajstić information content (AvgIpc) is 2.46. The van der Waals surface area contributed by atoms with Crippen LogP contribution >= 0.6 is 0 Å². The number of hydrogen-bond donors (Lipinski definition) is 2. The van der Waals surface area contributed by atoms with Crippen molar-refractivity contribution in [3.05, 3.63) is 0 Å². The van der Waals surface area contributed by atoms with Gasteiger partial charge in [-0.2, -0.15) is 0 Å². The molecule has 0 unspecified atom stereocenters. The van der Waals surface area contributed by atoms with Gasteiger partial charge in [-0.15, -0.1) is 0 Å². The first-order chi connectivity index (χ1) is 9.76. The van der Waals surface area contributed by atoms with E-state index in [1.807, 2.05) is 0 Å². The summed E-state index contributed by atoms with van der Waals surface area (Å²) in [5.74, 6) is 0.967. The van der Waals surface area contributed by atoms with E-state index in [-0.39, 0.29) is 0 Å². The summed E-state index contributed by atoms with van der Waals surface area (Å²) in [6.45, 7) is 13.2. The van der Waals surface area contributed by atoms with Crippen molar-refractivity contribution < 1.29 is 0 Å². The van der Waals surface area contributed by atoms with Gasteiger partial charge in [0.05, 0.1) is 0 Å². The maximum atomic E-state index is 4.51. The zero-order chi connectivity index (χ0) is 14.6. The predicted molar refractivity (Wildman–Crippen MR) is 87.4 cm³/mol. The quantitative estimate of drug-likeness (QED) is 0.396. The second kappa shape index (κ2) is 10.9. The van der Waals surface area contributed by atoms with Crippen molar-refractivity contribution in [2.45, 2.75) is 33.1 Å². The topological polar surface area (TPSA) is 42.9 Å². The van der Waals surface area contributed by atoms with Gasteiger partial charge in [-0.1, -0.05) is 6.92 Å². The summed E-state index contributed by atoms with van der Waals surface area (Å²) >= 11 is 0. The molecule has 1 heterocycles. The molecule has 1 fully saturated rings. The van der Waals surface area contributed by atoms with Crippen molar-refractivity contribution in [2.24, 2.45) is 4.99 Å². The van der Waals surface area contributed by atoms with Crippen molar-refractivity contribution in [3.8, 4) is 0 Å². The van der Waals surface area contributed by atoms with Crippen LogP contribution < -0.4 is 10.6 Å². The van der Waals surface area contributed by atoms with E-state index in [9.17, 15) is 0 Å². The van der Waals surface area contributed by atoms with Crippen LogP contribution in [0.5, 0.6) is 0 Å². The maximum absolute atomic E-state index is 4.51. The lowest BCUT2D eigenvalue weighted by molar-refractivity contribution is 0.152. The highest BCUT2D eigenvalue weighted by atomic mass is 15.2. The molecule has 1 aliphatic rings. The molecule has 0 radical (unpaired) electrons. The van der Waals surface area contributed by atoms with Gasteiger partial charge < -0.3 is 20.4 Å². The number of hydrogen-bond acceptors (Lipinski definition) is 3. The number of aliphatic imine (C=N–C) groups is 1. The molecule has 0 spiro atoms. The number of rotatable bonds is 8. The molecule has 0 bridgehead atoms. The predicted octanol–water partition coefficient (Wildman–Crippen LogP) is 0.979. The minimum absolute atomic E-state index is 0.899. The van der Waals surface area contributed by atoms with E-state index in [0.29, 0.717) is 0 Å². The fourth-order valence-electron chi connectivity index (χ4n) is 2.30. The first-order valence-electron chi connectivity index (χ1n) is 8.19. The van der Waals surface area contributed by atoms with E-state index in [1.165, 1.54) is 45.6 Å². The fraction of sp³-hybridized carbons (Fsp3) is 0.933. The smallest absolute Gasteiger partial charge is 0.191 e. The van der Waals surface area contributed by atoms with Crippen LogP contribution in [0.3, 0.4) is 0 Å². The summed E-state index contributed by atoms with van der Waals surface area (Å²) in [6, 6.07) is 0. The first kappa shape index (κ1) is 17.2. The molecule has 0 aromatic rings. The molecule has 1 aliphatic heterocycles. The fourth-order valence-corrected chi connectivity index (χ4v) is 2.30. The molecule has 0 atom stereocenters. The highest BCUT2D eigenvalue weighted by molar-refractivity contribution is 5.79. The zero-order valence-electron chi connectivity index (χ0n) is 13.6. The van der Waals surface area contributed by atoms with Crippen molar-refractivity contribution in [1.29, 1.82) is 0 Å². The lowest BCUT2D eigenvalue weighted by Gasteiger charge is -2.32. The second-order valence-electron chi connectivity index (χ2n) is 5.54. The lowest BCUT2D eigenvalue weighted by atomic mass is 10.2. The standard InChI is InChI=1S/C15H33N5/c1-4-8-17-15(16-5-2)18-9-6-7-10-20-13-11-19(3)12-14-20/h4-14H2,1-3H3,(H2,16,17,18). The van der Waals surface area contributed by atoms with E-state index in [1.54, 1.807) is 0 Å². The van der Waals surface area contributed by atoms with Crippen LogP contribution in [0.4, 0.5) is 0 Å². The van der Waals surface area contributed by atoms with Crippen LogP contribution in [-0.4, -0.2) is 75.2 Å². The minimum atomic E-state index is 0.899. The van der Waals surface area contributed by atoms with Gasteiger partial charge in [-0.3, -0.25) is 4.99 Å². The maximum Gasteiger partial charge on any atom is 0.191 e. The van der Waals surface area contributed by atoms with Crippen LogP contribution in [-0.2, 0) is 0 Å². The summed E-state index contributed by atoms with van der Waals surface area (Å²) in [5.41, 5.74) is 0. The van der Waals surface area contributed by atoms with Gasteiger partial charge in [0.1, 0.15) is 0 Å². The Morgan fingerprint density at radius 2 is 1.80 bits per heavy atom. The summed E-state index contributed by atoms with van der Waals surface area (Å²) in [6.07, 6.45) is 3.58. The highest BCUT2D eigenvalue weighted by Crippen LogP contribution is 2.01. The number of nitrogens with one attached hydrogen (secondary N) is 2. The number of piperazine rings is 1. The van der Waals surface area contributed by atoms with Gasteiger partial charge in [-0.25, -0.2) is 0 Å². The Labute approximate surface area is 124 Å². The van der Waals surface area contributed by atoms with Gasteiger partial charge in [0.2, 0.25) is 0 Å². The van der Waals surface area contributed by atoms with Gasteiger partial charge in [-0.05, 0) is 39.8 Å². The molecule has 0 aromatic carbocycles. The van der Waals surface area contributed by atoms with E-state index in [2.05, 4.69) is 46.3 Å². The molecule has 1 saturated heterocycles. The Morgan fingerprint density at radius 3 is 2.45 bits per heavy atom. The molecule has 5 heteroatoms. The largest absolute Gasteiger partial charge is 0.357 e. The van der Waals surface area contributed by atoms with E-state index in [4.69, 9.17) is 0 Å². The zero-order valence-corrected chi connectivity index (χ0v) is 13.6. The molecule has 20 heavy (non-hydrogen) atoms. The Hall–Kier alpha value is -0.810. The third-order valence-corrected chi connectivity index (χ3v) is 3.63. The van der Waals surface area contributed by atoms with Crippen molar-refractivity contribution in [2.75, 3.05) is 59.4 Å². The molecular formula is C15H33N5. The van der Waals surface area contributed by atoms with Crippen LogP contribution in [0.15, 0.2) is 4.99 Å². The molecule has 5 nitrogen and oxygen atoms in total. The monoisotopic (exact) mass is 283 g/mol. The molecule has 1 rings (SSSR count). The van der Waals surface area contributed by atoms with Gasteiger partial charge >= 0.3 is 0 Å². The Kier molecular flexibility index (Phi) is 9.41. The van der Waals surface area contributed by atoms with Crippen LogP contribution in [0.2, 0.25) is 0 Å². The summed E-state index contributed by atoms with van der Waals surface area (Å²) in [4.78, 5) is 9.49. The molecule has 0 saturated carbocycles. The molecule has 0 aliphatic carbocycles. The number of nitrogens with zero attached hydrogens (tertiary/aromatic N) is 3. The third kappa shape index (κ3) is 7.70. The van der Waals surface area contributed by atoms with Crippen LogP contribution in [0, 0.1) is 0 Å². The summed E-state index contributed by atoms with van der Waals surface area (Å²) in [5, 5.41) is 6.70. The number of unbranched alkanes of at least 4 members (excludes halogenated alkanes) is 1. The van der Waals surface area contributed by atoms with Crippen LogP contribution in [0.1, 0.15) is 33.1 Å². The Bertz CT molecular complexity index is 259. The minimum Gasteiger partial charge on any atom is -0.357 e. The molecule has 2 N–H and O–H groups in total. The lowest BCUT2D eigenvalue weighted by Crippen LogP contribution is -2.44. The van der Waals surface area contributed by atoms with Crippen LogP contribution in [0.25, 0.3) is 0 Å². The van der Waals surface area contributed by atoms with Gasteiger partial charge in [0.15, 0.2) is 5.96 Å². The van der Waals surface area contributed by atoms with Crippen molar-refractivity contribution in [1.82, 2.24) is 20.4 Å². The SMILES string of the molecule is CCCN=C(NCC)NCCCCN1CCN(C)CC1. The second-order valence-corrected chi connectivity index (χ2v) is 5.54. The Balaban J connectivity index is 2.05. The normalized spacial score (nSPS) is 18.2. The molecule has 118 valence electrons. The average molecular weight is 283 g/mol. The molecule has 0 aromatic heterocycles. The van der Waals surface area contributed by atoms with Crippen molar-refractivity contribution in [3.63, 3.8) is 0 Å². The number of likely N-dealkylation sites (N-methyl/N-ethyl adjacent to an activating group) is 1. The van der Waals surface area contributed by atoms with Gasteiger partial charge in [0.25, 0.3) is 0 Å². The van der Waals surface area contributed by atoms with Crippen molar-refractivity contribution >= 4 is 5.96 Å². The van der Waals surface area contributed by atoms with E-state index >= 15 is 0 Å². The Morgan fingerprint density at radius 1 is 1.05 bits per heavy atom. The van der Waals surface area contributed by atoms with E-state index < -0.39 is 0 Å². The molecule has 0 amide bonds. The highest BCUT2D eigenvalue weighted by Gasteiger charge is 2.12. The van der Waals surface area contributed by atoms with E-state index in [0.717, 1.165) is 32.0 Å². The summed E-state index contributed by atoms with van der Waals surface area (Å²) in [7, 11) is 2.21. The summed E-state index contributed by atoms with van der Waals surface area (Å²) < 4.78 is 0. The van der Waals surface area contributed by atoms with Gasteiger partial charge in [0, 0.05) is 45.8 Å². The third-order valence-electron chi connectivity index (χ3n) is 3.63. The number of guanidine groups is 1. The first-order valence-corrected chi connectivity index (χ1v) is 8.19.